The van der Waals surface area contributed by atoms with Crippen LogP contribution in [0.25, 0.3) is 0 Å². The maximum Gasteiger partial charge on any atom is 0.0113 e. The summed E-state index contributed by atoms with van der Waals surface area (Å²) in [5.41, 5.74) is 0. The van der Waals surface area contributed by atoms with E-state index in [2.05, 4.69) is 41.0 Å². The SMILES string of the molecule is CC(CCNC1CC1)N1CCN(CCN(C)C)CC1. The Labute approximate surface area is 119 Å². The molecule has 112 valence electrons. The molecule has 0 aromatic carbocycles. The van der Waals surface area contributed by atoms with Crippen LogP contribution in [0.5, 0.6) is 0 Å². The minimum absolute atomic E-state index is 0.738. The maximum absolute atomic E-state index is 3.63. The zero-order valence-electron chi connectivity index (χ0n) is 13.1. The molecule has 1 unspecified atom stereocenters. The van der Waals surface area contributed by atoms with Crippen LogP contribution in [0.4, 0.5) is 0 Å². The highest BCUT2D eigenvalue weighted by atomic mass is 15.3. The largest absolute Gasteiger partial charge is 0.314 e. The normalized spacial score (nSPS) is 24.0. The van der Waals surface area contributed by atoms with Gasteiger partial charge >= 0.3 is 0 Å². The summed E-state index contributed by atoms with van der Waals surface area (Å²) in [6.45, 7) is 11.0. The van der Waals surface area contributed by atoms with Gasteiger partial charge in [-0.3, -0.25) is 9.80 Å². The monoisotopic (exact) mass is 268 g/mol. The Morgan fingerprint density at radius 1 is 1.16 bits per heavy atom. The van der Waals surface area contributed by atoms with Gasteiger partial charge in [0.25, 0.3) is 0 Å². The molecular weight excluding hydrogens is 236 g/mol. The van der Waals surface area contributed by atoms with Crippen LogP contribution in [-0.2, 0) is 0 Å². The molecule has 0 aromatic rings. The molecule has 1 aliphatic heterocycles. The molecule has 4 heteroatoms. The van der Waals surface area contributed by atoms with Gasteiger partial charge in [0.2, 0.25) is 0 Å². The average Bonchev–Trinajstić information content (AvgIpc) is 3.21. The third-order valence-electron chi connectivity index (χ3n) is 4.47. The van der Waals surface area contributed by atoms with Crippen LogP contribution in [0, 0.1) is 0 Å². The van der Waals surface area contributed by atoms with Gasteiger partial charge in [0, 0.05) is 51.4 Å². The minimum atomic E-state index is 0.738. The third-order valence-corrected chi connectivity index (χ3v) is 4.47. The Hall–Kier alpha value is -0.160. The topological polar surface area (TPSA) is 21.8 Å². The van der Waals surface area contributed by atoms with Crippen molar-refractivity contribution in [3.8, 4) is 0 Å². The van der Waals surface area contributed by atoms with Crippen molar-refractivity contribution in [1.82, 2.24) is 20.0 Å². The smallest absolute Gasteiger partial charge is 0.0113 e. The molecule has 0 aromatic heterocycles. The van der Waals surface area contributed by atoms with Crippen molar-refractivity contribution in [2.75, 3.05) is 59.9 Å². The lowest BCUT2D eigenvalue weighted by molar-refractivity contribution is 0.0943. The first-order valence-corrected chi connectivity index (χ1v) is 7.99. The summed E-state index contributed by atoms with van der Waals surface area (Å²) in [6, 6.07) is 1.59. The van der Waals surface area contributed by atoms with Gasteiger partial charge in [-0.05, 0) is 46.8 Å². The van der Waals surface area contributed by atoms with E-state index < -0.39 is 0 Å². The molecular formula is C15H32N4. The first-order valence-electron chi connectivity index (χ1n) is 7.99. The van der Waals surface area contributed by atoms with Crippen molar-refractivity contribution < 1.29 is 0 Å². The molecule has 1 heterocycles. The molecule has 19 heavy (non-hydrogen) atoms. The van der Waals surface area contributed by atoms with E-state index in [-0.39, 0.29) is 0 Å². The van der Waals surface area contributed by atoms with Gasteiger partial charge in [-0.25, -0.2) is 0 Å². The van der Waals surface area contributed by atoms with E-state index in [4.69, 9.17) is 0 Å². The molecule has 1 saturated carbocycles. The van der Waals surface area contributed by atoms with Gasteiger partial charge in [-0.15, -0.1) is 0 Å². The number of hydrogen-bond donors (Lipinski definition) is 1. The summed E-state index contributed by atoms with van der Waals surface area (Å²) >= 11 is 0. The summed E-state index contributed by atoms with van der Waals surface area (Å²) < 4.78 is 0. The summed E-state index contributed by atoms with van der Waals surface area (Å²) in [6.07, 6.45) is 4.10. The average molecular weight is 268 g/mol. The number of likely N-dealkylation sites (N-methyl/N-ethyl adjacent to an activating group) is 1. The summed E-state index contributed by atoms with van der Waals surface area (Å²) in [5, 5.41) is 3.63. The molecule has 1 saturated heterocycles. The minimum Gasteiger partial charge on any atom is -0.314 e. The number of nitrogens with zero attached hydrogens (tertiary/aromatic N) is 3. The molecule has 0 amide bonds. The lowest BCUT2D eigenvalue weighted by Gasteiger charge is -2.38. The molecule has 1 N–H and O–H groups in total. The highest BCUT2D eigenvalue weighted by molar-refractivity contribution is 4.82. The zero-order valence-corrected chi connectivity index (χ0v) is 13.1. The number of hydrogen-bond acceptors (Lipinski definition) is 4. The fourth-order valence-electron chi connectivity index (χ4n) is 2.74. The van der Waals surface area contributed by atoms with E-state index in [1.54, 1.807) is 0 Å². The van der Waals surface area contributed by atoms with Gasteiger partial charge in [0.1, 0.15) is 0 Å². The van der Waals surface area contributed by atoms with Crippen molar-refractivity contribution in [2.45, 2.75) is 38.3 Å². The van der Waals surface area contributed by atoms with Gasteiger partial charge in [0.15, 0.2) is 0 Å². The molecule has 2 rings (SSSR count). The molecule has 0 bridgehead atoms. The lowest BCUT2D eigenvalue weighted by atomic mass is 10.1. The van der Waals surface area contributed by atoms with E-state index in [9.17, 15) is 0 Å². The second kappa shape index (κ2) is 7.58. The second-order valence-corrected chi connectivity index (χ2v) is 6.55. The zero-order chi connectivity index (χ0) is 13.7. The Morgan fingerprint density at radius 2 is 1.84 bits per heavy atom. The van der Waals surface area contributed by atoms with Gasteiger partial charge < -0.3 is 10.2 Å². The Balaban J connectivity index is 1.56. The maximum atomic E-state index is 3.63. The predicted molar refractivity (Wildman–Crippen MR) is 81.7 cm³/mol. The lowest BCUT2D eigenvalue weighted by Crippen LogP contribution is -2.51. The van der Waals surface area contributed by atoms with Crippen molar-refractivity contribution in [3.05, 3.63) is 0 Å². The van der Waals surface area contributed by atoms with Crippen LogP contribution in [-0.4, -0.2) is 86.7 Å². The van der Waals surface area contributed by atoms with E-state index in [0.29, 0.717) is 0 Å². The highest BCUT2D eigenvalue weighted by Gasteiger charge is 2.23. The Bertz CT molecular complexity index is 245. The van der Waals surface area contributed by atoms with E-state index in [0.717, 1.165) is 12.1 Å². The van der Waals surface area contributed by atoms with Crippen molar-refractivity contribution >= 4 is 0 Å². The fraction of sp³-hybridized carbons (Fsp3) is 1.00. The molecule has 2 aliphatic rings. The number of rotatable bonds is 8. The third kappa shape index (κ3) is 5.78. The van der Waals surface area contributed by atoms with Gasteiger partial charge in [-0.1, -0.05) is 0 Å². The number of nitrogens with one attached hydrogen (secondary N) is 1. The Kier molecular flexibility index (Phi) is 6.07. The fourth-order valence-corrected chi connectivity index (χ4v) is 2.74. The van der Waals surface area contributed by atoms with Gasteiger partial charge in [0.05, 0.1) is 0 Å². The van der Waals surface area contributed by atoms with Crippen molar-refractivity contribution in [2.24, 2.45) is 0 Å². The van der Waals surface area contributed by atoms with E-state index in [1.807, 2.05) is 0 Å². The quantitative estimate of drug-likeness (QED) is 0.699. The molecule has 1 aliphatic carbocycles. The van der Waals surface area contributed by atoms with Crippen LogP contribution >= 0.6 is 0 Å². The van der Waals surface area contributed by atoms with Crippen LogP contribution in [0.2, 0.25) is 0 Å². The molecule has 4 nitrogen and oxygen atoms in total. The Morgan fingerprint density at radius 3 is 2.42 bits per heavy atom. The van der Waals surface area contributed by atoms with E-state index in [1.165, 1.54) is 65.1 Å². The second-order valence-electron chi connectivity index (χ2n) is 6.55. The molecule has 1 atom stereocenters. The molecule has 0 radical (unpaired) electrons. The first-order chi connectivity index (χ1) is 9.15. The van der Waals surface area contributed by atoms with Crippen molar-refractivity contribution in [3.63, 3.8) is 0 Å². The summed E-state index contributed by atoms with van der Waals surface area (Å²) in [4.78, 5) is 7.55. The van der Waals surface area contributed by atoms with Crippen LogP contribution in [0.3, 0.4) is 0 Å². The van der Waals surface area contributed by atoms with Crippen LogP contribution in [0.1, 0.15) is 26.2 Å². The van der Waals surface area contributed by atoms with Crippen LogP contribution in [0.15, 0.2) is 0 Å². The number of piperazine rings is 1. The predicted octanol–water partition coefficient (Wildman–Crippen LogP) is 0.696. The molecule has 0 spiro atoms. The van der Waals surface area contributed by atoms with Gasteiger partial charge in [-0.2, -0.15) is 0 Å². The van der Waals surface area contributed by atoms with Crippen LogP contribution < -0.4 is 5.32 Å². The van der Waals surface area contributed by atoms with Crippen molar-refractivity contribution in [1.29, 1.82) is 0 Å². The standard InChI is InChI=1S/C15H32N4/c1-14(6-7-16-15-4-5-15)19-12-10-18(11-13-19)9-8-17(2)3/h14-16H,4-13H2,1-3H3. The van der Waals surface area contributed by atoms with E-state index >= 15 is 0 Å². The summed E-state index contributed by atoms with van der Waals surface area (Å²) in [5.74, 6) is 0. The molecule has 2 fully saturated rings. The summed E-state index contributed by atoms with van der Waals surface area (Å²) in [7, 11) is 4.32. The highest BCUT2D eigenvalue weighted by Crippen LogP contribution is 2.18. The first kappa shape index (κ1) is 15.2.